The Morgan fingerprint density at radius 3 is 2.40 bits per heavy atom. The number of aromatic amines is 1. The van der Waals surface area contributed by atoms with E-state index in [1.165, 1.54) is 17.4 Å². The Labute approximate surface area is 124 Å². The van der Waals surface area contributed by atoms with Crippen molar-refractivity contribution in [3.05, 3.63) is 31.6 Å². The number of hydrogen-bond donors (Lipinski definition) is 1. The molecule has 1 aliphatic rings. The van der Waals surface area contributed by atoms with Crippen molar-refractivity contribution in [2.75, 3.05) is 0 Å². The summed E-state index contributed by atoms with van der Waals surface area (Å²) in [5.41, 5.74) is -0.0571. The van der Waals surface area contributed by atoms with Gasteiger partial charge in [0.05, 0.1) is 5.56 Å². The van der Waals surface area contributed by atoms with Crippen LogP contribution in [0.2, 0.25) is 5.15 Å². The highest BCUT2D eigenvalue weighted by molar-refractivity contribution is 6.30. The molecular formula is C15H23ClN2O2. The summed E-state index contributed by atoms with van der Waals surface area (Å²) in [4.78, 5) is 27.1. The Balaban J connectivity index is 2.27. The van der Waals surface area contributed by atoms with Crippen LogP contribution >= 0.6 is 11.6 Å². The first-order valence-corrected chi connectivity index (χ1v) is 7.99. The molecule has 1 aromatic rings. The molecule has 1 N–H and O–H groups in total. The first kappa shape index (κ1) is 15.4. The maximum absolute atomic E-state index is 12.4. The molecule has 1 saturated carbocycles. The third-order valence-corrected chi connectivity index (χ3v) is 4.73. The lowest BCUT2D eigenvalue weighted by molar-refractivity contribution is 0.253. The molecule has 2 rings (SSSR count). The Morgan fingerprint density at radius 2 is 1.85 bits per heavy atom. The highest BCUT2D eigenvalue weighted by Crippen LogP contribution is 2.33. The topological polar surface area (TPSA) is 54.9 Å². The summed E-state index contributed by atoms with van der Waals surface area (Å²) in [6.45, 7) is 4.08. The summed E-state index contributed by atoms with van der Waals surface area (Å²) < 4.78 is 1.40. The van der Waals surface area contributed by atoms with Crippen molar-refractivity contribution in [1.29, 1.82) is 0 Å². The van der Waals surface area contributed by atoms with Crippen molar-refractivity contribution in [3.63, 3.8) is 0 Å². The van der Waals surface area contributed by atoms with Crippen molar-refractivity contribution >= 4 is 11.6 Å². The molecule has 1 heterocycles. The average Bonchev–Trinajstić information content (AvgIpc) is 2.41. The van der Waals surface area contributed by atoms with Crippen LogP contribution < -0.4 is 11.2 Å². The molecule has 0 unspecified atom stereocenters. The van der Waals surface area contributed by atoms with E-state index in [0.29, 0.717) is 12.0 Å². The van der Waals surface area contributed by atoms with E-state index in [9.17, 15) is 9.59 Å². The zero-order chi connectivity index (χ0) is 14.7. The fraction of sp³-hybridized carbons (Fsp3) is 0.733. The molecule has 20 heavy (non-hydrogen) atoms. The van der Waals surface area contributed by atoms with E-state index in [4.69, 9.17) is 11.6 Å². The van der Waals surface area contributed by atoms with Crippen LogP contribution in [0.15, 0.2) is 9.59 Å². The van der Waals surface area contributed by atoms with Crippen LogP contribution in [0.1, 0.15) is 64.0 Å². The van der Waals surface area contributed by atoms with Crippen LogP contribution in [-0.4, -0.2) is 9.55 Å². The van der Waals surface area contributed by atoms with Crippen LogP contribution in [0.25, 0.3) is 0 Å². The number of aromatic nitrogens is 2. The molecule has 0 aromatic carbocycles. The van der Waals surface area contributed by atoms with Crippen molar-refractivity contribution in [3.8, 4) is 0 Å². The van der Waals surface area contributed by atoms with Gasteiger partial charge < -0.3 is 0 Å². The van der Waals surface area contributed by atoms with Gasteiger partial charge in [0.1, 0.15) is 5.15 Å². The largest absolute Gasteiger partial charge is 0.329 e. The molecule has 1 fully saturated rings. The number of nitrogens with one attached hydrogen (secondary N) is 1. The fourth-order valence-corrected chi connectivity index (χ4v) is 3.59. The smallest absolute Gasteiger partial charge is 0.297 e. The monoisotopic (exact) mass is 298 g/mol. The van der Waals surface area contributed by atoms with E-state index in [2.05, 4.69) is 11.9 Å². The van der Waals surface area contributed by atoms with Crippen molar-refractivity contribution in [2.24, 2.45) is 5.92 Å². The van der Waals surface area contributed by atoms with Gasteiger partial charge in [-0.3, -0.25) is 14.3 Å². The van der Waals surface area contributed by atoms with Gasteiger partial charge in [0, 0.05) is 6.04 Å². The van der Waals surface area contributed by atoms with Gasteiger partial charge in [0.15, 0.2) is 0 Å². The number of rotatable bonds is 4. The Bertz CT molecular complexity index is 568. The zero-order valence-corrected chi connectivity index (χ0v) is 13.0. The quantitative estimate of drug-likeness (QED) is 0.867. The second-order valence-electron chi connectivity index (χ2n) is 5.71. The van der Waals surface area contributed by atoms with Crippen molar-refractivity contribution in [2.45, 2.75) is 64.8 Å². The maximum atomic E-state index is 12.4. The molecule has 0 saturated heterocycles. The molecule has 0 radical (unpaired) electrons. The standard InChI is InChI=1S/C15H23ClN2O2/c1-3-5-10-6-8-11(9-7-10)18-14(19)12(4-2)13(16)17-15(18)20/h10-11H,3-9H2,1-2H3,(H,17,20). The normalized spacial score (nSPS) is 22.9. The Hall–Kier alpha value is -1.03. The third kappa shape index (κ3) is 3.00. The second kappa shape index (κ2) is 6.61. The molecule has 0 spiro atoms. The summed E-state index contributed by atoms with van der Waals surface area (Å²) in [6, 6.07) is 0.0296. The summed E-state index contributed by atoms with van der Waals surface area (Å²) in [5, 5.41) is 0.193. The lowest BCUT2D eigenvalue weighted by Gasteiger charge is -2.29. The molecule has 1 aromatic heterocycles. The third-order valence-electron chi connectivity index (χ3n) is 4.41. The Morgan fingerprint density at radius 1 is 1.20 bits per heavy atom. The molecule has 0 amide bonds. The number of halogens is 1. The molecule has 112 valence electrons. The summed E-state index contributed by atoms with van der Waals surface area (Å²) in [7, 11) is 0. The van der Waals surface area contributed by atoms with Crippen LogP contribution in [0.3, 0.4) is 0 Å². The zero-order valence-electron chi connectivity index (χ0n) is 12.2. The summed E-state index contributed by atoms with van der Waals surface area (Å²) in [6.07, 6.45) is 7.04. The highest BCUT2D eigenvalue weighted by Gasteiger charge is 2.25. The van der Waals surface area contributed by atoms with Gasteiger partial charge in [-0.05, 0) is 38.0 Å². The van der Waals surface area contributed by atoms with Crippen LogP contribution in [0.4, 0.5) is 0 Å². The highest BCUT2D eigenvalue weighted by atomic mass is 35.5. The van der Waals surface area contributed by atoms with Crippen LogP contribution in [0, 0.1) is 5.92 Å². The number of nitrogens with zero attached hydrogens (tertiary/aromatic N) is 1. The van der Waals surface area contributed by atoms with E-state index >= 15 is 0 Å². The van der Waals surface area contributed by atoms with E-state index in [0.717, 1.165) is 31.6 Å². The predicted molar refractivity (Wildman–Crippen MR) is 81.6 cm³/mol. The van der Waals surface area contributed by atoms with E-state index in [-0.39, 0.29) is 22.4 Å². The minimum absolute atomic E-state index is 0.0296. The first-order valence-electron chi connectivity index (χ1n) is 7.61. The molecule has 0 atom stereocenters. The minimum Gasteiger partial charge on any atom is -0.297 e. The lowest BCUT2D eigenvalue weighted by Crippen LogP contribution is -2.41. The summed E-state index contributed by atoms with van der Waals surface area (Å²) >= 11 is 5.94. The maximum Gasteiger partial charge on any atom is 0.329 e. The average molecular weight is 299 g/mol. The van der Waals surface area contributed by atoms with Gasteiger partial charge in [-0.1, -0.05) is 38.3 Å². The second-order valence-corrected chi connectivity index (χ2v) is 6.09. The van der Waals surface area contributed by atoms with Gasteiger partial charge in [0.25, 0.3) is 5.56 Å². The lowest BCUT2D eigenvalue weighted by atomic mass is 9.83. The number of H-pyrrole nitrogens is 1. The molecule has 4 nitrogen and oxygen atoms in total. The Kier molecular flexibility index (Phi) is 5.08. The van der Waals surface area contributed by atoms with E-state index in [1.54, 1.807) is 0 Å². The van der Waals surface area contributed by atoms with Crippen LogP contribution in [0.5, 0.6) is 0 Å². The van der Waals surface area contributed by atoms with Gasteiger partial charge in [-0.25, -0.2) is 4.79 Å². The fourth-order valence-electron chi connectivity index (χ4n) is 3.30. The molecule has 5 heteroatoms. The van der Waals surface area contributed by atoms with Crippen molar-refractivity contribution in [1.82, 2.24) is 9.55 Å². The van der Waals surface area contributed by atoms with Crippen molar-refractivity contribution < 1.29 is 0 Å². The first-order chi connectivity index (χ1) is 9.58. The van der Waals surface area contributed by atoms with E-state index < -0.39 is 0 Å². The molecule has 1 aliphatic carbocycles. The minimum atomic E-state index is -0.365. The molecular weight excluding hydrogens is 276 g/mol. The molecule has 0 bridgehead atoms. The summed E-state index contributed by atoms with van der Waals surface area (Å²) in [5.74, 6) is 0.754. The van der Waals surface area contributed by atoms with E-state index in [1.807, 2.05) is 6.92 Å². The van der Waals surface area contributed by atoms with Gasteiger partial charge in [-0.15, -0.1) is 0 Å². The van der Waals surface area contributed by atoms with Gasteiger partial charge >= 0.3 is 5.69 Å². The number of hydrogen-bond acceptors (Lipinski definition) is 2. The van der Waals surface area contributed by atoms with Crippen LogP contribution in [-0.2, 0) is 6.42 Å². The molecule has 0 aliphatic heterocycles. The SMILES string of the molecule is CCCC1CCC(n2c(=O)[nH]c(Cl)c(CC)c2=O)CC1. The van der Waals surface area contributed by atoms with Gasteiger partial charge in [0.2, 0.25) is 0 Å². The predicted octanol–water partition coefficient (Wildman–Crippen LogP) is 3.28. The van der Waals surface area contributed by atoms with Gasteiger partial charge in [-0.2, -0.15) is 0 Å².